The Labute approximate surface area is 92.9 Å². The Morgan fingerprint density at radius 2 is 2.00 bits per heavy atom. The highest BCUT2D eigenvalue weighted by Gasteiger charge is 2.25. The third kappa shape index (κ3) is 3.29. The molecule has 0 fully saturated rings. The lowest BCUT2D eigenvalue weighted by Gasteiger charge is -2.16. The van der Waals surface area contributed by atoms with Crippen LogP contribution in [0.15, 0.2) is 24.3 Å². The van der Waals surface area contributed by atoms with Crippen LogP contribution in [0.3, 0.4) is 0 Å². The maximum Gasteiger partial charge on any atom is 0.310 e. The van der Waals surface area contributed by atoms with E-state index in [1.54, 1.807) is 24.3 Å². The van der Waals surface area contributed by atoms with Gasteiger partial charge in [-0.2, -0.15) is 0 Å². The largest absolute Gasteiger partial charge is 0.481 e. The summed E-state index contributed by atoms with van der Waals surface area (Å²) in [6, 6.07) is 6.43. The molecule has 0 amide bonds. The Morgan fingerprint density at radius 3 is 2.50 bits per heavy atom. The van der Waals surface area contributed by atoms with Crippen LogP contribution >= 0.6 is 0 Å². The van der Waals surface area contributed by atoms with Gasteiger partial charge in [0.1, 0.15) is 0 Å². The molecule has 0 aliphatic carbocycles. The van der Waals surface area contributed by atoms with E-state index in [1.165, 1.54) is 6.92 Å². The molecule has 2 nitrogen and oxygen atoms in total. The zero-order chi connectivity index (χ0) is 12.3. The normalized spacial score (nSPS) is 13.5. The highest BCUT2D eigenvalue weighted by Crippen LogP contribution is 2.26. The van der Waals surface area contributed by atoms with Gasteiger partial charge in [0.25, 0.3) is 0 Å². The van der Waals surface area contributed by atoms with E-state index in [1.807, 2.05) is 0 Å². The van der Waals surface area contributed by atoms with Crippen molar-refractivity contribution in [2.75, 3.05) is 0 Å². The molecule has 1 aromatic rings. The van der Waals surface area contributed by atoms with E-state index in [9.17, 15) is 13.6 Å². The van der Waals surface area contributed by atoms with Gasteiger partial charge < -0.3 is 5.11 Å². The Balaban J connectivity index is 3.05. The van der Waals surface area contributed by atoms with Crippen molar-refractivity contribution >= 4 is 5.97 Å². The number of benzene rings is 1. The van der Waals surface area contributed by atoms with E-state index in [2.05, 4.69) is 0 Å². The van der Waals surface area contributed by atoms with Crippen LogP contribution in [0.25, 0.3) is 0 Å². The highest BCUT2D eigenvalue weighted by atomic mass is 19.3. The minimum atomic E-state index is -2.83. The van der Waals surface area contributed by atoms with Gasteiger partial charge in [-0.05, 0) is 25.0 Å². The minimum absolute atomic E-state index is 0.393. The second-order valence-electron chi connectivity index (χ2n) is 4.01. The third-order valence-electron chi connectivity index (χ3n) is 2.39. The number of aliphatic carboxylic acids is 1. The topological polar surface area (TPSA) is 37.3 Å². The van der Waals surface area contributed by atoms with Crippen molar-refractivity contribution in [2.24, 2.45) is 0 Å². The fraction of sp³-hybridized carbons (Fsp3) is 0.417. The molecule has 4 heteroatoms. The molecule has 0 heterocycles. The first kappa shape index (κ1) is 12.6. The van der Waals surface area contributed by atoms with Crippen LogP contribution in [0.2, 0.25) is 0 Å². The average molecular weight is 228 g/mol. The summed E-state index contributed by atoms with van der Waals surface area (Å²) in [7, 11) is 0. The molecule has 1 aromatic carbocycles. The summed E-state index contributed by atoms with van der Waals surface area (Å²) in [6.07, 6.45) is -0.430. The summed E-state index contributed by atoms with van der Waals surface area (Å²) in [5.74, 6) is -4.60. The number of carboxylic acid groups (broad SMARTS) is 1. The molecule has 0 saturated carbocycles. The molecule has 16 heavy (non-hydrogen) atoms. The van der Waals surface area contributed by atoms with Crippen molar-refractivity contribution < 1.29 is 18.7 Å². The van der Waals surface area contributed by atoms with Gasteiger partial charge in [-0.1, -0.05) is 24.3 Å². The zero-order valence-electron chi connectivity index (χ0n) is 9.21. The lowest BCUT2D eigenvalue weighted by atomic mass is 9.93. The van der Waals surface area contributed by atoms with Gasteiger partial charge in [-0.25, -0.2) is 8.78 Å². The molecule has 1 atom stereocenters. The van der Waals surface area contributed by atoms with Crippen molar-refractivity contribution in [3.63, 3.8) is 0 Å². The summed E-state index contributed by atoms with van der Waals surface area (Å²) in [4.78, 5) is 10.8. The van der Waals surface area contributed by atoms with E-state index in [-0.39, 0.29) is 0 Å². The Kier molecular flexibility index (Phi) is 3.62. The van der Waals surface area contributed by atoms with Crippen molar-refractivity contribution in [1.29, 1.82) is 0 Å². The van der Waals surface area contributed by atoms with Crippen LogP contribution in [0.4, 0.5) is 8.78 Å². The van der Waals surface area contributed by atoms with E-state index >= 15 is 0 Å². The Bertz CT molecular complexity index is 383. The van der Waals surface area contributed by atoms with Crippen LogP contribution in [-0.4, -0.2) is 17.0 Å². The molecular weight excluding hydrogens is 214 g/mol. The maximum atomic E-state index is 12.9. The van der Waals surface area contributed by atoms with E-state index < -0.39 is 24.2 Å². The molecule has 1 N–H and O–H groups in total. The van der Waals surface area contributed by atoms with Gasteiger partial charge in [-0.15, -0.1) is 0 Å². The molecule has 1 unspecified atom stereocenters. The molecule has 0 aliphatic heterocycles. The summed E-state index contributed by atoms with van der Waals surface area (Å²) in [5, 5.41) is 8.87. The summed E-state index contributed by atoms with van der Waals surface area (Å²) in [6.45, 7) is 2.32. The van der Waals surface area contributed by atoms with Crippen molar-refractivity contribution in [1.82, 2.24) is 0 Å². The van der Waals surface area contributed by atoms with Crippen LogP contribution < -0.4 is 0 Å². The molecule has 0 spiro atoms. The van der Waals surface area contributed by atoms with Crippen molar-refractivity contribution in [3.05, 3.63) is 35.4 Å². The third-order valence-corrected chi connectivity index (χ3v) is 2.39. The van der Waals surface area contributed by atoms with Crippen LogP contribution in [0.5, 0.6) is 0 Å². The lowest BCUT2D eigenvalue weighted by Crippen LogP contribution is -2.17. The first-order chi connectivity index (χ1) is 7.31. The Morgan fingerprint density at radius 1 is 1.44 bits per heavy atom. The monoisotopic (exact) mass is 228 g/mol. The van der Waals surface area contributed by atoms with Crippen LogP contribution in [0, 0.1) is 0 Å². The number of halogens is 2. The van der Waals surface area contributed by atoms with Crippen molar-refractivity contribution in [2.45, 2.75) is 32.1 Å². The smallest absolute Gasteiger partial charge is 0.310 e. The molecule has 0 aliphatic rings. The zero-order valence-corrected chi connectivity index (χ0v) is 9.21. The molecule has 0 bridgehead atoms. The number of rotatable bonds is 4. The quantitative estimate of drug-likeness (QED) is 0.859. The number of hydrogen-bond acceptors (Lipinski definition) is 1. The number of hydrogen-bond donors (Lipinski definition) is 1. The predicted octanol–water partition coefficient (Wildman–Crippen LogP) is 3.07. The van der Waals surface area contributed by atoms with Gasteiger partial charge in [-0.3, -0.25) is 4.79 Å². The molecule has 0 aromatic heterocycles. The number of carbonyl (C=O) groups is 1. The predicted molar refractivity (Wildman–Crippen MR) is 56.8 cm³/mol. The first-order valence-electron chi connectivity index (χ1n) is 4.99. The molecule has 0 saturated heterocycles. The van der Waals surface area contributed by atoms with Gasteiger partial charge in [0.15, 0.2) is 0 Å². The molecular formula is C12H14F2O2. The number of alkyl halides is 2. The molecule has 0 radical (unpaired) electrons. The van der Waals surface area contributed by atoms with Gasteiger partial charge in [0, 0.05) is 6.42 Å². The summed E-state index contributed by atoms with van der Waals surface area (Å²) >= 11 is 0. The van der Waals surface area contributed by atoms with Gasteiger partial charge in [0.2, 0.25) is 5.92 Å². The Hall–Kier alpha value is -1.45. The van der Waals surface area contributed by atoms with Crippen LogP contribution in [0.1, 0.15) is 30.9 Å². The molecule has 88 valence electrons. The minimum Gasteiger partial charge on any atom is -0.481 e. The second kappa shape index (κ2) is 4.60. The van der Waals surface area contributed by atoms with E-state index in [0.29, 0.717) is 11.1 Å². The van der Waals surface area contributed by atoms with Crippen LogP contribution in [-0.2, 0) is 11.2 Å². The molecule has 1 rings (SSSR count). The lowest BCUT2D eigenvalue weighted by molar-refractivity contribution is -0.138. The number of carboxylic acids is 1. The fourth-order valence-electron chi connectivity index (χ4n) is 1.59. The van der Waals surface area contributed by atoms with Gasteiger partial charge >= 0.3 is 5.97 Å². The maximum absolute atomic E-state index is 12.9. The van der Waals surface area contributed by atoms with E-state index in [4.69, 9.17) is 5.11 Å². The van der Waals surface area contributed by atoms with Gasteiger partial charge in [0.05, 0.1) is 5.92 Å². The average Bonchev–Trinajstić information content (AvgIpc) is 2.15. The fourth-order valence-corrected chi connectivity index (χ4v) is 1.59. The van der Waals surface area contributed by atoms with Crippen molar-refractivity contribution in [3.8, 4) is 0 Å². The standard InChI is InChI=1S/C12H14F2O2/c1-8(11(15)16)10-6-4-3-5-9(10)7-12(2,13)14/h3-6,8H,7H2,1-2H3,(H,15,16). The summed E-state index contributed by atoms with van der Waals surface area (Å²) < 4.78 is 25.8. The second-order valence-corrected chi connectivity index (χ2v) is 4.01. The first-order valence-corrected chi connectivity index (χ1v) is 4.99. The van der Waals surface area contributed by atoms with E-state index in [0.717, 1.165) is 6.92 Å². The SMILES string of the molecule is CC(C(=O)O)c1ccccc1CC(C)(F)F. The summed E-state index contributed by atoms with van der Waals surface area (Å²) in [5.41, 5.74) is 0.849. The highest BCUT2D eigenvalue weighted by molar-refractivity contribution is 5.76.